The van der Waals surface area contributed by atoms with E-state index in [4.69, 9.17) is 0 Å². The number of hydrogen-bond acceptors (Lipinski definition) is 3. The Kier molecular flexibility index (Phi) is 5.39. The Morgan fingerprint density at radius 3 is 3.05 bits per heavy atom. The zero-order chi connectivity index (χ0) is 14.4. The van der Waals surface area contributed by atoms with Gasteiger partial charge in [0.1, 0.15) is 5.69 Å². The lowest BCUT2D eigenvalue weighted by atomic mass is 9.96. The molecular formula is C16H25N3O. The molecule has 0 aromatic carbocycles. The number of anilines is 1. The van der Waals surface area contributed by atoms with E-state index in [-0.39, 0.29) is 5.91 Å². The number of carbonyl (C=O) groups is 1. The van der Waals surface area contributed by atoms with Gasteiger partial charge in [0.15, 0.2) is 0 Å². The first-order chi connectivity index (χ1) is 9.74. The maximum Gasteiger partial charge on any atom is 0.272 e. The Hall–Kier alpha value is -1.58. The highest BCUT2D eigenvalue weighted by molar-refractivity contribution is 5.93. The van der Waals surface area contributed by atoms with E-state index < -0.39 is 0 Å². The van der Waals surface area contributed by atoms with Crippen molar-refractivity contribution in [2.45, 2.75) is 39.0 Å². The largest absolute Gasteiger partial charge is 0.388 e. The fraction of sp³-hybridized carbons (Fsp3) is 0.625. The minimum Gasteiger partial charge on any atom is -0.388 e. The minimum atomic E-state index is 0.0687. The van der Waals surface area contributed by atoms with Gasteiger partial charge in [0.05, 0.1) is 0 Å². The van der Waals surface area contributed by atoms with Crippen LogP contribution in [0.5, 0.6) is 0 Å². The van der Waals surface area contributed by atoms with Crippen molar-refractivity contribution in [3.05, 3.63) is 24.0 Å². The summed E-state index contributed by atoms with van der Waals surface area (Å²) in [7, 11) is 1.85. The lowest BCUT2D eigenvalue weighted by Gasteiger charge is -2.20. The van der Waals surface area contributed by atoms with Gasteiger partial charge in [-0.15, -0.1) is 0 Å². The van der Waals surface area contributed by atoms with Crippen LogP contribution in [0.25, 0.3) is 0 Å². The van der Waals surface area contributed by atoms with Crippen molar-refractivity contribution in [2.24, 2.45) is 5.92 Å². The van der Waals surface area contributed by atoms with Gasteiger partial charge in [0.2, 0.25) is 0 Å². The summed E-state index contributed by atoms with van der Waals surface area (Å²) in [6, 6.07) is 3.70. The van der Waals surface area contributed by atoms with Crippen LogP contribution in [0.15, 0.2) is 18.3 Å². The molecule has 0 radical (unpaired) electrons. The molecule has 4 heteroatoms. The summed E-state index contributed by atoms with van der Waals surface area (Å²) in [6.07, 6.45) is 7.71. The van der Waals surface area contributed by atoms with Crippen LogP contribution in [-0.4, -0.2) is 35.9 Å². The summed E-state index contributed by atoms with van der Waals surface area (Å²) < 4.78 is 0. The van der Waals surface area contributed by atoms with Gasteiger partial charge in [-0.05, 0) is 37.3 Å². The average Bonchev–Trinajstić information content (AvgIpc) is 2.73. The number of hydrogen-bond donors (Lipinski definition) is 1. The SMILES string of the molecule is CCCC1CCCN(C(=O)c2cc(NC)ccn2)CC1. The molecule has 0 bridgehead atoms. The van der Waals surface area contributed by atoms with Crippen molar-refractivity contribution in [3.8, 4) is 0 Å². The molecule has 1 saturated heterocycles. The van der Waals surface area contributed by atoms with Crippen LogP contribution < -0.4 is 5.32 Å². The maximum atomic E-state index is 12.5. The van der Waals surface area contributed by atoms with Crippen molar-refractivity contribution < 1.29 is 4.79 Å². The molecule has 110 valence electrons. The second-order valence-electron chi connectivity index (χ2n) is 5.56. The van der Waals surface area contributed by atoms with Gasteiger partial charge in [0.25, 0.3) is 5.91 Å². The van der Waals surface area contributed by atoms with Gasteiger partial charge < -0.3 is 10.2 Å². The van der Waals surface area contributed by atoms with E-state index in [1.807, 2.05) is 24.1 Å². The normalized spacial score (nSPS) is 19.5. The molecule has 0 saturated carbocycles. The molecule has 1 aliphatic rings. The van der Waals surface area contributed by atoms with E-state index >= 15 is 0 Å². The van der Waals surface area contributed by atoms with Gasteiger partial charge in [-0.2, -0.15) is 0 Å². The Morgan fingerprint density at radius 2 is 2.30 bits per heavy atom. The molecule has 2 heterocycles. The van der Waals surface area contributed by atoms with Crippen LogP contribution in [0.2, 0.25) is 0 Å². The first-order valence-electron chi connectivity index (χ1n) is 7.67. The highest BCUT2D eigenvalue weighted by Crippen LogP contribution is 2.22. The molecule has 2 rings (SSSR count). The second-order valence-corrected chi connectivity index (χ2v) is 5.56. The number of amides is 1. The molecule has 4 nitrogen and oxygen atoms in total. The molecule has 1 unspecified atom stereocenters. The second kappa shape index (κ2) is 7.27. The number of carbonyl (C=O) groups excluding carboxylic acids is 1. The lowest BCUT2D eigenvalue weighted by Crippen LogP contribution is -2.32. The van der Waals surface area contributed by atoms with Crippen molar-refractivity contribution in [3.63, 3.8) is 0 Å². The van der Waals surface area contributed by atoms with E-state index in [1.165, 1.54) is 19.3 Å². The summed E-state index contributed by atoms with van der Waals surface area (Å²) in [5.41, 5.74) is 1.48. The number of pyridine rings is 1. The number of likely N-dealkylation sites (tertiary alicyclic amines) is 1. The van der Waals surface area contributed by atoms with Crippen LogP contribution in [0.3, 0.4) is 0 Å². The van der Waals surface area contributed by atoms with Gasteiger partial charge in [-0.1, -0.05) is 19.8 Å². The smallest absolute Gasteiger partial charge is 0.272 e. The summed E-state index contributed by atoms with van der Waals surface area (Å²) in [5, 5.41) is 3.05. The standard InChI is InChI=1S/C16H25N3O/c1-3-5-13-6-4-10-19(11-8-13)16(20)15-12-14(17-2)7-9-18-15/h7,9,12-13H,3-6,8,10-11H2,1-2H3,(H,17,18). The van der Waals surface area contributed by atoms with Gasteiger partial charge in [-0.3, -0.25) is 9.78 Å². The van der Waals surface area contributed by atoms with Crippen LogP contribution in [-0.2, 0) is 0 Å². The molecule has 1 aromatic heterocycles. The van der Waals surface area contributed by atoms with E-state index in [2.05, 4.69) is 17.2 Å². The lowest BCUT2D eigenvalue weighted by molar-refractivity contribution is 0.0754. The zero-order valence-electron chi connectivity index (χ0n) is 12.6. The Morgan fingerprint density at radius 1 is 1.45 bits per heavy atom. The van der Waals surface area contributed by atoms with E-state index in [1.54, 1.807) is 6.20 Å². The summed E-state index contributed by atoms with van der Waals surface area (Å²) in [5.74, 6) is 0.855. The topological polar surface area (TPSA) is 45.2 Å². The summed E-state index contributed by atoms with van der Waals surface area (Å²) in [6.45, 7) is 3.97. The molecule has 1 aliphatic heterocycles. The zero-order valence-corrected chi connectivity index (χ0v) is 12.6. The Bertz CT molecular complexity index is 447. The number of nitrogens with zero attached hydrogens (tertiary/aromatic N) is 2. The Balaban J connectivity index is 2.01. The monoisotopic (exact) mass is 275 g/mol. The number of rotatable bonds is 4. The van der Waals surface area contributed by atoms with Crippen molar-refractivity contribution in [2.75, 3.05) is 25.5 Å². The van der Waals surface area contributed by atoms with Crippen LogP contribution in [0.4, 0.5) is 5.69 Å². The fourth-order valence-electron chi connectivity index (χ4n) is 2.93. The molecule has 1 atom stereocenters. The molecule has 1 N–H and O–H groups in total. The van der Waals surface area contributed by atoms with E-state index in [0.29, 0.717) is 5.69 Å². The highest BCUT2D eigenvalue weighted by Gasteiger charge is 2.22. The predicted molar refractivity (Wildman–Crippen MR) is 81.9 cm³/mol. The van der Waals surface area contributed by atoms with Gasteiger partial charge in [-0.25, -0.2) is 0 Å². The Labute approximate surface area is 121 Å². The summed E-state index contributed by atoms with van der Waals surface area (Å²) >= 11 is 0. The third-order valence-electron chi connectivity index (χ3n) is 4.10. The third-order valence-corrected chi connectivity index (χ3v) is 4.10. The number of nitrogens with one attached hydrogen (secondary N) is 1. The summed E-state index contributed by atoms with van der Waals surface area (Å²) in [4.78, 5) is 18.7. The molecule has 1 amide bonds. The van der Waals surface area contributed by atoms with Crippen molar-refractivity contribution in [1.82, 2.24) is 9.88 Å². The third kappa shape index (κ3) is 3.71. The average molecular weight is 275 g/mol. The number of aromatic nitrogens is 1. The van der Waals surface area contributed by atoms with Gasteiger partial charge >= 0.3 is 0 Å². The first-order valence-corrected chi connectivity index (χ1v) is 7.67. The minimum absolute atomic E-state index is 0.0687. The van der Waals surface area contributed by atoms with Crippen molar-refractivity contribution in [1.29, 1.82) is 0 Å². The van der Waals surface area contributed by atoms with Gasteiger partial charge in [0, 0.05) is 32.0 Å². The highest BCUT2D eigenvalue weighted by atomic mass is 16.2. The van der Waals surface area contributed by atoms with E-state index in [0.717, 1.165) is 37.5 Å². The molecule has 0 spiro atoms. The maximum absolute atomic E-state index is 12.5. The molecule has 1 fully saturated rings. The quantitative estimate of drug-likeness (QED) is 0.918. The molecule has 20 heavy (non-hydrogen) atoms. The van der Waals surface area contributed by atoms with Crippen LogP contribution in [0.1, 0.15) is 49.5 Å². The van der Waals surface area contributed by atoms with Crippen molar-refractivity contribution >= 4 is 11.6 Å². The van der Waals surface area contributed by atoms with E-state index in [9.17, 15) is 4.79 Å². The molecule has 1 aromatic rings. The van der Waals surface area contributed by atoms with Crippen LogP contribution in [0, 0.1) is 5.92 Å². The fourth-order valence-corrected chi connectivity index (χ4v) is 2.93. The molecule has 0 aliphatic carbocycles. The van der Waals surface area contributed by atoms with Crippen LogP contribution >= 0.6 is 0 Å². The first kappa shape index (κ1) is 14.8. The predicted octanol–water partition coefficient (Wildman–Crippen LogP) is 3.17. The molecular weight excluding hydrogens is 250 g/mol.